The van der Waals surface area contributed by atoms with Gasteiger partial charge in [-0.1, -0.05) is 55.6 Å². The van der Waals surface area contributed by atoms with Crippen LogP contribution in [0.5, 0.6) is 0 Å². The Morgan fingerprint density at radius 3 is 2.48 bits per heavy atom. The molecule has 5 aromatic rings. The number of imidazole rings is 1. The van der Waals surface area contributed by atoms with Crippen LogP contribution in [0.4, 0.5) is 0 Å². The Kier molecular flexibility index (Phi) is 4.56. The Hall–Kier alpha value is -2.53. The van der Waals surface area contributed by atoms with Gasteiger partial charge in [-0.05, 0) is 34.1 Å². The molecule has 3 aromatic carbocycles. The van der Waals surface area contributed by atoms with Crippen molar-refractivity contribution < 1.29 is 18.9 Å². The fourth-order valence-electron chi connectivity index (χ4n) is 3.73. The Balaban J connectivity index is 0.00000180. The van der Waals surface area contributed by atoms with Gasteiger partial charge in [0.25, 0.3) is 0 Å². The summed E-state index contributed by atoms with van der Waals surface area (Å²) in [5.74, 6) is 0.551. The fourth-order valence-corrected chi connectivity index (χ4v) is 3.73. The summed E-state index contributed by atoms with van der Waals surface area (Å²) in [6.45, 7) is 4.45. The summed E-state index contributed by atoms with van der Waals surface area (Å²) in [4.78, 5) is 4.54. The zero-order chi connectivity index (χ0) is 17.7. The van der Waals surface area contributed by atoms with E-state index in [2.05, 4.69) is 77.8 Å². The van der Waals surface area contributed by atoms with Gasteiger partial charge < -0.3 is 4.40 Å². The molecule has 0 saturated heterocycles. The van der Waals surface area contributed by atoms with Gasteiger partial charge in [0.15, 0.2) is 0 Å². The number of hydrogen-bond donors (Lipinski definition) is 0. The van der Waals surface area contributed by atoms with E-state index in [0.29, 0.717) is 5.92 Å². The molecule has 5 rings (SSSR count). The van der Waals surface area contributed by atoms with E-state index in [1.807, 2.05) is 24.5 Å². The zero-order valence-electron chi connectivity index (χ0n) is 15.9. The standard InChI is InChI=1S/C24H19N2.Li/c1-16(2)17-7-9-18(10-8-17)19-11-12-23-22(15-19)20-5-3-4-6-21(20)24-25-13-14-26(23)24;/h3-5,7-16H,1-2H3;/q-1;+1. The van der Waals surface area contributed by atoms with Crippen molar-refractivity contribution in [2.75, 3.05) is 0 Å². The van der Waals surface area contributed by atoms with Crippen LogP contribution in [0, 0.1) is 6.07 Å². The fraction of sp³-hybridized carbons (Fsp3) is 0.125. The van der Waals surface area contributed by atoms with Crippen LogP contribution >= 0.6 is 0 Å². The maximum absolute atomic E-state index is 4.54. The van der Waals surface area contributed by atoms with Gasteiger partial charge in [0.2, 0.25) is 0 Å². The Morgan fingerprint density at radius 2 is 1.70 bits per heavy atom. The predicted octanol–water partition coefficient (Wildman–Crippen LogP) is 3.24. The van der Waals surface area contributed by atoms with Crippen molar-refractivity contribution >= 4 is 27.3 Å². The molecule has 0 aliphatic carbocycles. The van der Waals surface area contributed by atoms with Crippen LogP contribution in [0.3, 0.4) is 0 Å². The second-order valence-corrected chi connectivity index (χ2v) is 7.09. The molecule has 0 atom stereocenters. The van der Waals surface area contributed by atoms with Crippen molar-refractivity contribution in [3.05, 3.63) is 84.7 Å². The van der Waals surface area contributed by atoms with Gasteiger partial charge in [-0.25, -0.2) is 0 Å². The minimum absolute atomic E-state index is 0. The number of fused-ring (bicyclic) bond motifs is 6. The molecule has 0 bridgehead atoms. The average Bonchev–Trinajstić information content (AvgIpc) is 3.18. The van der Waals surface area contributed by atoms with Crippen molar-refractivity contribution in [3.8, 4) is 11.1 Å². The minimum atomic E-state index is 0. The Labute approximate surface area is 171 Å². The summed E-state index contributed by atoms with van der Waals surface area (Å²) in [7, 11) is 0. The maximum Gasteiger partial charge on any atom is 1.00 e. The van der Waals surface area contributed by atoms with Gasteiger partial charge in [0, 0.05) is 17.9 Å². The third-order valence-electron chi connectivity index (χ3n) is 5.18. The third-order valence-corrected chi connectivity index (χ3v) is 5.18. The predicted molar refractivity (Wildman–Crippen MR) is 109 cm³/mol. The number of hydrogen-bond acceptors (Lipinski definition) is 1. The molecule has 0 aliphatic heterocycles. The number of aromatic nitrogens is 2. The van der Waals surface area contributed by atoms with Crippen LogP contribution in [0.1, 0.15) is 25.3 Å². The molecule has 0 unspecified atom stereocenters. The molecular weight excluding hydrogens is 323 g/mol. The SMILES string of the molecule is CC(C)c1ccc(-c2ccc3c(c2)c2ccc[c-]c2c2nccn32)cc1.[Li+]. The van der Waals surface area contributed by atoms with Crippen molar-refractivity contribution in [3.63, 3.8) is 0 Å². The van der Waals surface area contributed by atoms with Crippen molar-refractivity contribution in [1.29, 1.82) is 0 Å². The molecule has 2 aromatic heterocycles. The molecule has 2 heterocycles. The van der Waals surface area contributed by atoms with E-state index in [-0.39, 0.29) is 18.9 Å². The summed E-state index contributed by atoms with van der Waals surface area (Å²) in [6.07, 6.45) is 3.88. The van der Waals surface area contributed by atoms with Gasteiger partial charge in [-0.2, -0.15) is 0 Å². The molecule has 0 amide bonds. The van der Waals surface area contributed by atoms with E-state index in [9.17, 15) is 0 Å². The summed E-state index contributed by atoms with van der Waals surface area (Å²) < 4.78 is 2.15. The van der Waals surface area contributed by atoms with E-state index in [4.69, 9.17) is 0 Å². The smallest absolute Gasteiger partial charge is 0.340 e. The zero-order valence-corrected chi connectivity index (χ0v) is 15.9. The Bertz CT molecular complexity index is 1250. The van der Waals surface area contributed by atoms with Gasteiger partial charge in [0.1, 0.15) is 0 Å². The van der Waals surface area contributed by atoms with Gasteiger partial charge in [-0.3, -0.25) is 4.98 Å². The van der Waals surface area contributed by atoms with E-state index in [1.54, 1.807) is 0 Å². The summed E-state index contributed by atoms with van der Waals surface area (Å²) in [6, 6.07) is 25.1. The molecule has 2 nitrogen and oxygen atoms in total. The van der Waals surface area contributed by atoms with Crippen molar-refractivity contribution in [2.45, 2.75) is 19.8 Å². The van der Waals surface area contributed by atoms with Crippen molar-refractivity contribution in [1.82, 2.24) is 9.38 Å². The molecule has 0 aliphatic rings. The number of rotatable bonds is 2. The van der Waals surface area contributed by atoms with Crippen LogP contribution in [0.2, 0.25) is 0 Å². The second-order valence-electron chi connectivity index (χ2n) is 7.09. The number of pyridine rings is 1. The third kappa shape index (κ3) is 2.86. The van der Waals surface area contributed by atoms with Crippen LogP contribution in [0.25, 0.3) is 38.4 Å². The van der Waals surface area contributed by atoms with Crippen LogP contribution in [0.15, 0.2) is 73.1 Å². The van der Waals surface area contributed by atoms with Crippen LogP contribution < -0.4 is 18.9 Å². The topological polar surface area (TPSA) is 17.3 Å². The molecule has 0 fully saturated rings. The summed E-state index contributed by atoms with van der Waals surface area (Å²) >= 11 is 0. The van der Waals surface area contributed by atoms with Gasteiger partial charge in [-0.15, -0.1) is 29.7 Å². The van der Waals surface area contributed by atoms with Crippen LogP contribution in [-0.4, -0.2) is 9.38 Å². The molecule has 0 saturated carbocycles. The van der Waals surface area contributed by atoms with E-state index < -0.39 is 0 Å². The first-order valence-corrected chi connectivity index (χ1v) is 9.02. The van der Waals surface area contributed by atoms with E-state index in [1.165, 1.54) is 33.0 Å². The number of benzene rings is 3. The average molecular weight is 342 g/mol. The second kappa shape index (κ2) is 6.89. The Morgan fingerprint density at radius 1 is 0.926 bits per heavy atom. The van der Waals surface area contributed by atoms with Crippen molar-refractivity contribution in [2.24, 2.45) is 0 Å². The molecule has 0 N–H and O–H groups in total. The first-order valence-electron chi connectivity index (χ1n) is 9.02. The summed E-state index contributed by atoms with van der Waals surface area (Å²) in [5.41, 5.74) is 5.98. The monoisotopic (exact) mass is 342 g/mol. The first kappa shape index (κ1) is 17.9. The van der Waals surface area contributed by atoms with E-state index >= 15 is 0 Å². The maximum atomic E-state index is 4.54. The summed E-state index contributed by atoms with van der Waals surface area (Å²) in [5, 5.41) is 3.49. The van der Waals surface area contributed by atoms with E-state index in [0.717, 1.165) is 11.0 Å². The quantitative estimate of drug-likeness (QED) is 0.273. The molecule has 0 radical (unpaired) electrons. The normalized spacial score (nSPS) is 11.4. The van der Waals surface area contributed by atoms with Gasteiger partial charge in [0.05, 0.1) is 5.65 Å². The molecular formula is C24H19LiN2. The van der Waals surface area contributed by atoms with Crippen LogP contribution in [-0.2, 0) is 0 Å². The molecule has 3 heteroatoms. The minimum Gasteiger partial charge on any atom is -0.340 e. The molecule has 126 valence electrons. The molecule has 27 heavy (non-hydrogen) atoms. The largest absolute Gasteiger partial charge is 1.00 e. The van der Waals surface area contributed by atoms with Gasteiger partial charge >= 0.3 is 18.9 Å². The number of nitrogens with zero attached hydrogens (tertiary/aromatic N) is 2. The first-order chi connectivity index (χ1) is 12.7. The molecule has 0 spiro atoms.